The molecular weight excluding hydrogens is 1170 g/mol. The maximum atomic E-state index is 12.9. The quantitative estimate of drug-likeness (QED) is 0.0740. The lowest BCUT2D eigenvalue weighted by atomic mass is 9.79. The third-order valence-electron chi connectivity index (χ3n) is 16.4. The van der Waals surface area contributed by atoms with Crippen LogP contribution in [0, 0.1) is 0 Å². The van der Waals surface area contributed by atoms with Gasteiger partial charge in [0, 0.05) is 87.6 Å². The van der Waals surface area contributed by atoms with Crippen LogP contribution in [0.1, 0.15) is 188 Å². The molecule has 10 heteroatoms. The van der Waals surface area contributed by atoms with Crippen molar-refractivity contribution in [2.24, 2.45) is 0 Å². The van der Waals surface area contributed by atoms with Crippen LogP contribution in [-0.4, -0.2) is 33.4 Å². The highest BCUT2D eigenvalue weighted by molar-refractivity contribution is 5.63. The summed E-state index contributed by atoms with van der Waals surface area (Å²) in [5, 5.41) is 25.7. The van der Waals surface area contributed by atoms with Crippen molar-refractivity contribution in [3.8, 4) is 45.3 Å². The monoisotopic (exact) mass is 1260 g/mol. The fourth-order valence-electron chi connectivity index (χ4n) is 11.2. The SMILES string of the molecule is CC(C)(C)c1cc2c(O)c(c1)Cc1cc(C(C)(C)C)cc(c1OCCCCC[n+]1ccc(-c3ccncc3)cc1)Cc1cc(C(C)(C)C)cc(c1O)Cc1cc(C(C)(C)C)cc(c1OCCCCC[n+]1ccc(-c3ccncc3)cc1)C2.[Br-].[Br-]. The third kappa shape index (κ3) is 16.5. The Labute approximate surface area is 523 Å². The van der Waals surface area contributed by atoms with E-state index in [2.05, 4.69) is 200 Å². The van der Waals surface area contributed by atoms with Gasteiger partial charge in [-0.2, -0.15) is 0 Å². The molecule has 0 radical (unpaired) electrons. The molecule has 0 saturated carbocycles. The first-order valence-electron chi connectivity index (χ1n) is 30.1. The molecule has 8 aromatic rings. The number of unbranched alkanes of at least 4 members (excludes halogenated alkanes) is 4. The average molecular weight is 1260 g/mol. The molecule has 1 aliphatic rings. The second-order valence-electron chi connectivity index (χ2n) is 27.2. The van der Waals surface area contributed by atoms with Gasteiger partial charge >= 0.3 is 0 Å². The van der Waals surface area contributed by atoms with E-state index in [1.54, 1.807) is 0 Å². The number of nitrogens with zero attached hydrogens (tertiary/aromatic N) is 4. The zero-order valence-corrected chi connectivity index (χ0v) is 55.2. The van der Waals surface area contributed by atoms with Crippen LogP contribution in [0.2, 0.25) is 0 Å². The predicted octanol–water partition coefficient (Wildman–Crippen LogP) is 10.2. The molecule has 444 valence electrons. The minimum atomic E-state index is -0.196. The summed E-state index contributed by atoms with van der Waals surface area (Å²) >= 11 is 0. The number of pyridine rings is 4. The van der Waals surface area contributed by atoms with Crippen molar-refractivity contribution in [3.63, 3.8) is 0 Å². The first kappa shape index (κ1) is 65.2. The van der Waals surface area contributed by atoms with Crippen LogP contribution >= 0.6 is 0 Å². The van der Waals surface area contributed by atoms with Gasteiger partial charge in [0.05, 0.1) is 13.2 Å². The molecule has 8 nitrogen and oxygen atoms in total. The van der Waals surface area contributed by atoms with Crippen LogP contribution in [0.25, 0.3) is 22.3 Å². The number of phenols is 2. The van der Waals surface area contributed by atoms with Gasteiger partial charge in [-0.3, -0.25) is 9.97 Å². The van der Waals surface area contributed by atoms with Crippen LogP contribution in [0.15, 0.2) is 147 Å². The molecule has 4 heterocycles. The fraction of sp³-hybridized carbons (Fsp3) is 0.405. The molecule has 9 rings (SSSR count). The number of benzene rings is 4. The Bertz CT molecular complexity index is 3140. The Morgan fingerprint density at radius 3 is 0.869 bits per heavy atom. The van der Waals surface area contributed by atoms with Gasteiger partial charge in [-0.05, 0) is 161 Å². The van der Waals surface area contributed by atoms with Crippen molar-refractivity contribution in [2.75, 3.05) is 13.2 Å². The molecule has 0 amide bonds. The number of phenolic OH excluding ortho intramolecular Hbond substituents is 2. The van der Waals surface area contributed by atoms with E-state index < -0.39 is 0 Å². The number of halogens is 2. The van der Waals surface area contributed by atoms with E-state index in [1.165, 1.54) is 33.4 Å². The lowest BCUT2D eigenvalue weighted by molar-refractivity contribution is -0.697. The molecule has 2 N–H and O–H groups in total. The molecule has 0 fully saturated rings. The fourth-order valence-corrected chi connectivity index (χ4v) is 11.2. The molecule has 0 saturated heterocycles. The second-order valence-corrected chi connectivity index (χ2v) is 27.2. The zero-order chi connectivity index (χ0) is 58.4. The molecule has 0 aliphatic heterocycles. The maximum Gasteiger partial charge on any atom is 0.169 e. The van der Waals surface area contributed by atoms with Crippen molar-refractivity contribution in [2.45, 2.75) is 182 Å². The van der Waals surface area contributed by atoms with E-state index in [4.69, 9.17) is 9.47 Å². The number of rotatable bonds is 16. The van der Waals surface area contributed by atoms with Crippen molar-refractivity contribution in [1.29, 1.82) is 0 Å². The largest absolute Gasteiger partial charge is 1.00 e. The molecule has 84 heavy (non-hydrogen) atoms. The van der Waals surface area contributed by atoms with Crippen molar-refractivity contribution >= 4 is 0 Å². The summed E-state index contributed by atoms with van der Waals surface area (Å²) in [6.45, 7) is 30.1. The van der Waals surface area contributed by atoms with Gasteiger partial charge < -0.3 is 53.6 Å². The summed E-state index contributed by atoms with van der Waals surface area (Å²) in [5.41, 5.74) is 16.3. The van der Waals surface area contributed by atoms with Gasteiger partial charge in [0.15, 0.2) is 24.8 Å². The summed E-state index contributed by atoms with van der Waals surface area (Å²) in [6, 6.07) is 35.0. The van der Waals surface area contributed by atoms with Gasteiger partial charge in [0.1, 0.15) is 36.1 Å². The number of aromatic nitrogens is 4. The molecule has 4 aromatic carbocycles. The van der Waals surface area contributed by atoms with Gasteiger partial charge in [0.2, 0.25) is 0 Å². The lowest BCUT2D eigenvalue weighted by Crippen LogP contribution is -3.00. The highest BCUT2D eigenvalue weighted by Crippen LogP contribution is 2.44. The molecule has 1 aliphatic carbocycles. The van der Waals surface area contributed by atoms with E-state index in [1.807, 2.05) is 49.1 Å². The Morgan fingerprint density at radius 1 is 0.357 bits per heavy atom. The van der Waals surface area contributed by atoms with Crippen LogP contribution in [-0.2, 0) is 60.4 Å². The van der Waals surface area contributed by atoms with Gasteiger partial charge in [-0.1, -0.05) is 132 Å². The van der Waals surface area contributed by atoms with Crippen LogP contribution in [0.4, 0.5) is 0 Å². The number of hydrogen-bond donors (Lipinski definition) is 2. The highest BCUT2D eigenvalue weighted by atomic mass is 79.9. The minimum Gasteiger partial charge on any atom is -1.00 e. The number of aromatic hydroxyl groups is 2. The third-order valence-corrected chi connectivity index (χ3v) is 16.4. The number of ether oxygens (including phenoxy) is 2. The van der Waals surface area contributed by atoms with E-state index in [0.29, 0.717) is 50.4 Å². The minimum absolute atomic E-state index is 0. The number of fused-ring (bicyclic) bond motifs is 8. The highest BCUT2D eigenvalue weighted by Gasteiger charge is 2.29. The van der Waals surface area contributed by atoms with E-state index in [-0.39, 0.29) is 55.6 Å². The first-order valence-corrected chi connectivity index (χ1v) is 30.1. The van der Waals surface area contributed by atoms with Gasteiger partial charge in [0.25, 0.3) is 0 Å². The summed E-state index contributed by atoms with van der Waals surface area (Å²) in [4.78, 5) is 8.35. The summed E-state index contributed by atoms with van der Waals surface area (Å²) < 4.78 is 18.8. The first-order chi connectivity index (χ1) is 39.0. The smallest absolute Gasteiger partial charge is 0.169 e. The average Bonchev–Trinajstić information content (AvgIpc) is 3.25. The van der Waals surface area contributed by atoms with E-state index in [9.17, 15) is 10.2 Å². The standard InChI is InChI=1S/C74H88N4O4.2BrH/c1-71(2,3)63-43-55-39-59-47-65(73(7,8)9)49-61(69(59)81-37-17-13-15-31-77-33-23-53(24-34-77)51-19-27-75-28-20-51)41-57-45-64(72(4,5)6)46-58(68(57)80)42-62-50-66(74(10,11)12)48-60(40-56(44-63)67(55)79)70(62)82-38-18-14-16-32-78-35-25-54(26-36-78)52-21-29-76-30-22-52;;/h19-30,33-36,43-50H,13-18,31-32,37-42H2,1-12H3;2*1H. The molecular formula is C74H90Br2N4O4. The Balaban J connectivity index is 0.00000506. The summed E-state index contributed by atoms with van der Waals surface area (Å²) in [5.74, 6) is 2.33. The summed E-state index contributed by atoms with van der Waals surface area (Å²) in [6.07, 6.45) is 23.7. The lowest BCUT2D eigenvalue weighted by Gasteiger charge is -2.28. The van der Waals surface area contributed by atoms with Crippen molar-refractivity contribution in [1.82, 2.24) is 9.97 Å². The van der Waals surface area contributed by atoms with E-state index in [0.717, 1.165) is 119 Å². The maximum absolute atomic E-state index is 12.9. The van der Waals surface area contributed by atoms with Gasteiger partial charge in [-0.15, -0.1) is 0 Å². The van der Waals surface area contributed by atoms with Crippen LogP contribution in [0.3, 0.4) is 0 Å². The van der Waals surface area contributed by atoms with Gasteiger partial charge in [-0.25, -0.2) is 9.13 Å². The summed E-state index contributed by atoms with van der Waals surface area (Å²) in [7, 11) is 0. The Hall–Kier alpha value is -6.36. The second kappa shape index (κ2) is 27.8. The molecule has 8 bridgehead atoms. The molecule has 0 unspecified atom stereocenters. The zero-order valence-electron chi connectivity index (χ0n) is 52.0. The molecule has 0 atom stereocenters. The number of hydrogen-bond acceptors (Lipinski definition) is 6. The Kier molecular flexibility index (Phi) is 21.6. The van der Waals surface area contributed by atoms with Crippen molar-refractivity contribution < 1.29 is 62.8 Å². The molecule has 4 aromatic heterocycles. The predicted molar refractivity (Wildman–Crippen MR) is 334 cm³/mol. The van der Waals surface area contributed by atoms with Crippen LogP contribution < -0.4 is 52.6 Å². The van der Waals surface area contributed by atoms with Crippen molar-refractivity contribution in [3.05, 3.63) is 213 Å². The number of aryl methyl sites for hydroxylation is 2. The Morgan fingerprint density at radius 2 is 0.607 bits per heavy atom. The van der Waals surface area contributed by atoms with Crippen LogP contribution in [0.5, 0.6) is 23.0 Å². The normalized spacial score (nSPS) is 12.7. The molecule has 0 spiro atoms. The van der Waals surface area contributed by atoms with E-state index >= 15 is 0 Å². The topological polar surface area (TPSA) is 92.5 Å².